The van der Waals surface area contributed by atoms with E-state index in [4.69, 9.17) is 5.11 Å². The highest BCUT2D eigenvalue weighted by atomic mass is 16.4. The standard InChI is InChI=1S/C13H16N2O4/c16-11(14-9-7-12(17)18)6-8-15-13(19)10-4-2-1-3-5-10/h1-5H,6-9H2,(H,14,16)(H,15,19)(H,17,18). The molecule has 0 aliphatic rings. The zero-order valence-electron chi connectivity index (χ0n) is 10.4. The molecule has 0 atom stereocenters. The van der Waals surface area contributed by atoms with Crippen molar-refractivity contribution in [2.45, 2.75) is 12.8 Å². The number of rotatable bonds is 7. The predicted molar refractivity (Wildman–Crippen MR) is 68.7 cm³/mol. The van der Waals surface area contributed by atoms with Crippen molar-refractivity contribution in [3.05, 3.63) is 35.9 Å². The first-order valence-corrected chi connectivity index (χ1v) is 5.91. The number of benzene rings is 1. The van der Waals surface area contributed by atoms with Gasteiger partial charge in [-0.1, -0.05) is 18.2 Å². The molecule has 1 aromatic carbocycles. The minimum atomic E-state index is -0.960. The van der Waals surface area contributed by atoms with Crippen LogP contribution in [-0.2, 0) is 9.59 Å². The fourth-order valence-corrected chi connectivity index (χ4v) is 1.38. The van der Waals surface area contributed by atoms with Gasteiger partial charge < -0.3 is 15.7 Å². The molecular formula is C13H16N2O4. The Hall–Kier alpha value is -2.37. The van der Waals surface area contributed by atoms with Crippen molar-refractivity contribution in [2.75, 3.05) is 13.1 Å². The second-order valence-corrected chi connectivity index (χ2v) is 3.87. The topological polar surface area (TPSA) is 95.5 Å². The third-order valence-corrected chi connectivity index (χ3v) is 2.33. The quantitative estimate of drug-likeness (QED) is 0.664. The van der Waals surface area contributed by atoms with Gasteiger partial charge in [0.15, 0.2) is 0 Å². The van der Waals surface area contributed by atoms with Crippen LogP contribution in [0, 0.1) is 0 Å². The van der Waals surface area contributed by atoms with Crippen molar-refractivity contribution in [1.29, 1.82) is 0 Å². The third kappa shape index (κ3) is 6.21. The van der Waals surface area contributed by atoms with E-state index in [2.05, 4.69) is 10.6 Å². The minimum absolute atomic E-state index is 0.0980. The normalized spacial score (nSPS) is 9.68. The molecule has 3 N–H and O–H groups in total. The van der Waals surface area contributed by atoms with E-state index in [-0.39, 0.29) is 37.7 Å². The van der Waals surface area contributed by atoms with Crippen LogP contribution in [0.2, 0.25) is 0 Å². The molecule has 0 heterocycles. The summed E-state index contributed by atoms with van der Waals surface area (Å²) in [4.78, 5) is 33.1. The summed E-state index contributed by atoms with van der Waals surface area (Å²) in [6.07, 6.45) is 0.0142. The summed E-state index contributed by atoms with van der Waals surface area (Å²) in [5.41, 5.74) is 0.536. The van der Waals surface area contributed by atoms with Crippen LogP contribution in [0.3, 0.4) is 0 Å². The third-order valence-electron chi connectivity index (χ3n) is 2.33. The van der Waals surface area contributed by atoms with E-state index in [9.17, 15) is 14.4 Å². The molecule has 0 radical (unpaired) electrons. The second kappa shape index (κ2) is 7.86. The summed E-state index contributed by atoms with van der Waals surface area (Å²) in [5.74, 6) is -1.48. The van der Waals surface area contributed by atoms with Crippen LogP contribution in [0.5, 0.6) is 0 Å². The molecule has 0 saturated carbocycles. The minimum Gasteiger partial charge on any atom is -0.481 e. The molecule has 0 saturated heterocycles. The Labute approximate surface area is 110 Å². The number of carboxylic acid groups (broad SMARTS) is 1. The van der Waals surface area contributed by atoms with Gasteiger partial charge in [-0.2, -0.15) is 0 Å². The van der Waals surface area contributed by atoms with Gasteiger partial charge in [0.05, 0.1) is 6.42 Å². The molecule has 0 unspecified atom stereocenters. The Bertz CT molecular complexity index is 445. The van der Waals surface area contributed by atoms with E-state index in [0.29, 0.717) is 5.56 Å². The first-order chi connectivity index (χ1) is 9.09. The molecule has 1 aromatic rings. The molecule has 19 heavy (non-hydrogen) atoms. The lowest BCUT2D eigenvalue weighted by atomic mass is 10.2. The van der Waals surface area contributed by atoms with Crippen molar-refractivity contribution in [2.24, 2.45) is 0 Å². The maximum absolute atomic E-state index is 11.6. The number of aliphatic carboxylic acids is 1. The van der Waals surface area contributed by atoms with E-state index in [1.165, 1.54) is 0 Å². The predicted octanol–water partition coefficient (Wildman–Crippen LogP) is 0.397. The van der Waals surface area contributed by atoms with E-state index in [1.54, 1.807) is 24.3 Å². The molecule has 6 nitrogen and oxygen atoms in total. The van der Waals surface area contributed by atoms with Gasteiger partial charge in [-0.05, 0) is 12.1 Å². The number of hydrogen-bond acceptors (Lipinski definition) is 3. The highest BCUT2D eigenvalue weighted by molar-refractivity contribution is 5.94. The van der Waals surface area contributed by atoms with Crippen LogP contribution in [0.4, 0.5) is 0 Å². The van der Waals surface area contributed by atoms with Crippen LogP contribution in [0.15, 0.2) is 30.3 Å². The number of nitrogens with one attached hydrogen (secondary N) is 2. The summed E-state index contributed by atoms with van der Waals surface area (Å²) >= 11 is 0. The van der Waals surface area contributed by atoms with Gasteiger partial charge >= 0.3 is 5.97 Å². The van der Waals surface area contributed by atoms with Gasteiger partial charge in [-0.15, -0.1) is 0 Å². The number of carbonyl (C=O) groups excluding carboxylic acids is 2. The molecule has 102 valence electrons. The van der Waals surface area contributed by atoms with Crippen LogP contribution in [0.25, 0.3) is 0 Å². The second-order valence-electron chi connectivity index (χ2n) is 3.87. The number of carboxylic acids is 1. The van der Waals surface area contributed by atoms with Crippen molar-refractivity contribution >= 4 is 17.8 Å². The Kier molecular flexibility index (Phi) is 6.08. The van der Waals surface area contributed by atoms with E-state index in [0.717, 1.165) is 0 Å². The SMILES string of the molecule is O=C(O)CCNC(=O)CCNC(=O)c1ccccc1. The number of carbonyl (C=O) groups is 3. The van der Waals surface area contributed by atoms with Crippen molar-refractivity contribution in [3.63, 3.8) is 0 Å². The van der Waals surface area contributed by atoms with Crippen LogP contribution in [0.1, 0.15) is 23.2 Å². The Morgan fingerprint density at radius 1 is 0.947 bits per heavy atom. The molecule has 0 aliphatic carbocycles. The van der Waals surface area contributed by atoms with E-state index >= 15 is 0 Å². The molecule has 6 heteroatoms. The first kappa shape index (κ1) is 14.7. The van der Waals surface area contributed by atoms with Crippen molar-refractivity contribution in [3.8, 4) is 0 Å². The monoisotopic (exact) mass is 264 g/mol. The summed E-state index contributed by atoms with van der Waals surface area (Å²) in [5, 5.41) is 13.5. The van der Waals surface area contributed by atoms with E-state index < -0.39 is 5.97 Å². The molecule has 0 aliphatic heterocycles. The Morgan fingerprint density at radius 2 is 1.58 bits per heavy atom. The largest absolute Gasteiger partial charge is 0.481 e. The lowest BCUT2D eigenvalue weighted by Gasteiger charge is -2.05. The summed E-state index contributed by atoms with van der Waals surface area (Å²) in [7, 11) is 0. The molecule has 2 amide bonds. The zero-order chi connectivity index (χ0) is 14.1. The van der Waals surface area contributed by atoms with Gasteiger partial charge in [0.2, 0.25) is 5.91 Å². The van der Waals surface area contributed by atoms with Gasteiger partial charge in [0.1, 0.15) is 0 Å². The van der Waals surface area contributed by atoms with Gasteiger partial charge in [-0.3, -0.25) is 14.4 Å². The maximum atomic E-state index is 11.6. The number of hydrogen-bond donors (Lipinski definition) is 3. The molecule has 0 fully saturated rings. The van der Waals surface area contributed by atoms with Crippen LogP contribution in [-0.4, -0.2) is 36.0 Å². The lowest BCUT2D eigenvalue weighted by molar-refractivity contribution is -0.136. The molecule has 1 rings (SSSR count). The van der Waals surface area contributed by atoms with Gasteiger partial charge in [-0.25, -0.2) is 0 Å². The van der Waals surface area contributed by atoms with Crippen LogP contribution >= 0.6 is 0 Å². The van der Waals surface area contributed by atoms with E-state index in [1.807, 2.05) is 6.07 Å². The Balaban J connectivity index is 2.18. The molecule has 0 aromatic heterocycles. The highest BCUT2D eigenvalue weighted by Crippen LogP contribution is 1.97. The van der Waals surface area contributed by atoms with Crippen molar-refractivity contribution < 1.29 is 19.5 Å². The zero-order valence-corrected chi connectivity index (χ0v) is 10.4. The molecular weight excluding hydrogens is 248 g/mol. The maximum Gasteiger partial charge on any atom is 0.305 e. The summed E-state index contributed by atoms with van der Waals surface area (Å²) < 4.78 is 0. The smallest absolute Gasteiger partial charge is 0.305 e. The first-order valence-electron chi connectivity index (χ1n) is 5.91. The fourth-order valence-electron chi connectivity index (χ4n) is 1.38. The van der Waals surface area contributed by atoms with Crippen molar-refractivity contribution in [1.82, 2.24) is 10.6 Å². The van der Waals surface area contributed by atoms with Gasteiger partial charge in [0.25, 0.3) is 5.91 Å². The summed E-state index contributed by atoms with van der Waals surface area (Å²) in [6.45, 7) is 0.313. The molecule has 0 bridgehead atoms. The summed E-state index contributed by atoms with van der Waals surface area (Å²) in [6, 6.07) is 8.69. The van der Waals surface area contributed by atoms with Gasteiger partial charge in [0, 0.05) is 25.1 Å². The fraction of sp³-hybridized carbons (Fsp3) is 0.308. The number of amides is 2. The molecule has 0 spiro atoms. The Morgan fingerprint density at radius 3 is 2.21 bits per heavy atom. The average molecular weight is 264 g/mol. The van der Waals surface area contributed by atoms with Crippen LogP contribution < -0.4 is 10.6 Å². The average Bonchev–Trinajstić information content (AvgIpc) is 2.39. The highest BCUT2D eigenvalue weighted by Gasteiger charge is 2.06. The lowest BCUT2D eigenvalue weighted by Crippen LogP contribution is -2.31.